The minimum atomic E-state index is -3.83. The molecule has 0 aliphatic carbocycles. The van der Waals surface area contributed by atoms with E-state index in [2.05, 4.69) is 4.72 Å². The molecule has 7 nitrogen and oxygen atoms in total. The van der Waals surface area contributed by atoms with Gasteiger partial charge in [-0.3, -0.25) is 4.79 Å². The number of carbonyl (C=O) groups is 2. The standard InChI is InChI=1S/C22H27FN2O5S/c1-15-6-11-18(31(28,29)24-22(2,3)4)12-19(15)21(27)30-14-20(26)25(5)13-16-7-9-17(23)10-8-16/h6-12,24H,13-14H2,1-5H3. The molecule has 0 bridgehead atoms. The molecule has 1 N–H and O–H groups in total. The summed E-state index contributed by atoms with van der Waals surface area (Å²) in [7, 11) is -2.29. The van der Waals surface area contributed by atoms with Crippen molar-refractivity contribution in [2.24, 2.45) is 0 Å². The van der Waals surface area contributed by atoms with Gasteiger partial charge >= 0.3 is 5.97 Å². The third kappa shape index (κ3) is 7.15. The first-order valence-electron chi connectivity index (χ1n) is 9.59. The molecule has 0 aliphatic heterocycles. The molecule has 0 aliphatic rings. The van der Waals surface area contributed by atoms with E-state index in [-0.39, 0.29) is 22.8 Å². The number of hydrogen-bond acceptors (Lipinski definition) is 5. The number of likely N-dealkylation sites (N-methyl/N-ethyl adjacent to an activating group) is 1. The van der Waals surface area contributed by atoms with Crippen molar-refractivity contribution in [2.45, 2.75) is 44.7 Å². The van der Waals surface area contributed by atoms with Crippen LogP contribution in [-0.2, 0) is 26.1 Å². The van der Waals surface area contributed by atoms with Crippen LogP contribution >= 0.6 is 0 Å². The SMILES string of the molecule is Cc1ccc(S(=O)(=O)NC(C)(C)C)cc1C(=O)OCC(=O)N(C)Cc1ccc(F)cc1. The zero-order chi connectivity index (χ0) is 23.4. The van der Waals surface area contributed by atoms with E-state index in [1.54, 1.807) is 39.8 Å². The second-order valence-corrected chi connectivity index (χ2v) is 9.97. The minimum absolute atomic E-state index is 0.0609. The monoisotopic (exact) mass is 450 g/mol. The number of nitrogens with zero attached hydrogens (tertiary/aromatic N) is 1. The predicted octanol–water partition coefficient (Wildman–Crippen LogP) is 3.03. The summed E-state index contributed by atoms with van der Waals surface area (Å²) in [6.07, 6.45) is 0. The van der Waals surface area contributed by atoms with Gasteiger partial charge in [-0.05, 0) is 63.1 Å². The highest BCUT2D eigenvalue weighted by Gasteiger charge is 2.24. The van der Waals surface area contributed by atoms with Gasteiger partial charge in [0.05, 0.1) is 10.5 Å². The van der Waals surface area contributed by atoms with Gasteiger partial charge in [-0.1, -0.05) is 18.2 Å². The molecule has 0 saturated heterocycles. The molecule has 0 unspecified atom stereocenters. The fourth-order valence-electron chi connectivity index (χ4n) is 2.72. The van der Waals surface area contributed by atoms with Gasteiger partial charge in [0.2, 0.25) is 10.0 Å². The summed E-state index contributed by atoms with van der Waals surface area (Å²) in [6, 6.07) is 9.87. The molecule has 2 aromatic rings. The van der Waals surface area contributed by atoms with E-state index >= 15 is 0 Å². The average Bonchev–Trinajstić information content (AvgIpc) is 2.65. The van der Waals surface area contributed by atoms with Crippen LogP contribution in [0.2, 0.25) is 0 Å². The quantitative estimate of drug-likeness (QED) is 0.655. The molecule has 2 aromatic carbocycles. The normalized spacial score (nSPS) is 11.8. The van der Waals surface area contributed by atoms with E-state index in [1.165, 1.54) is 42.3 Å². The van der Waals surface area contributed by atoms with Crippen molar-refractivity contribution < 1.29 is 27.1 Å². The summed E-state index contributed by atoms with van der Waals surface area (Å²) in [5, 5.41) is 0. The van der Waals surface area contributed by atoms with Crippen LogP contribution in [0.15, 0.2) is 47.4 Å². The molecule has 31 heavy (non-hydrogen) atoms. The van der Waals surface area contributed by atoms with E-state index in [0.717, 1.165) is 5.56 Å². The molecule has 0 saturated carbocycles. The number of sulfonamides is 1. The molecular formula is C22H27FN2O5S. The minimum Gasteiger partial charge on any atom is -0.452 e. The zero-order valence-corrected chi connectivity index (χ0v) is 19.0. The molecule has 2 rings (SSSR count). The highest BCUT2D eigenvalue weighted by Crippen LogP contribution is 2.18. The molecule has 0 aromatic heterocycles. The zero-order valence-electron chi connectivity index (χ0n) is 18.2. The van der Waals surface area contributed by atoms with Crippen LogP contribution in [0.1, 0.15) is 42.3 Å². The lowest BCUT2D eigenvalue weighted by Crippen LogP contribution is -2.40. The van der Waals surface area contributed by atoms with Crippen molar-refractivity contribution in [3.63, 3.8) is 0 Å². The van der Waals surface area contributed by atoms with Gasteiger partial charge in [0.1, 0.15) is 5.82 Å². The number of rotatable bonds is 7. The molecule has 0 spiro atoms. The lowest BCUT2D eigenvalue weighted by molar-refractivity contribution is -0.133. The van der Waals surface area contributed by atoms with Crippen molar-refractivity contribution in [1.82, 2.24) is 9.62 Å². The van der Waals surface area contributed by atoms with Crippen LogP contribution in [0.4, 0.5) is 4.39 Å². The third-order valence-corrected chi connectivity index (χ3v) is 6.02. The fraction of sp³-hybridized carbons (Fsp3) is 0.364. The highest BCUT2D eigenvalue weighted by molar-refractivity contribution is 7.89. The summed E-state index contributed by atoms with van der Waals surface area (Å²) in [5.41, 5.74) is 0.618. The molecular weight excluding hydrogens is 423 g/mol. The van der Waals surface area contributed by atoms with Gasteiger partial charge in [-0.15, -0.1) is 0 Å². The molecule has 0 fully saturated rings. The van der Waals surface area contributed by atoms with Gasteiger partial charge in [0.15, 0.2) is 6.61 Å². The Morgan fingerprint density at radius 1 is 1.10 bits per heavy atom. The van der Waals surface area contributed by atoms with Crippen LogP contribution in [0.25, 0.3) is 0 Å². The van der Waals surface area contributed by atoms with Gasteiger partial charge in [-0.25, -0.2) is 22.3 Å². The Bertz CT molecular complexity index is 1060. The number of esters is 1. The largest absolute Gasteiger partial charge is 0.452 e. The highest BCUT2D eigenvalue weighted by atomic mass is 32.2. The topological polar surface area (TPSA) is 92.8 Å². The Labute approximate surface area is 182 Å². The first kappa shape index (κ1) is 24.5. The smallest absolute Gasteiger partial charge is 0.338 e. The van der Waals surface area contributed by atoms with Crippen molar-refractivity contribution in [2.75, 3.05) is 13.7 Å². The maximum absolute atomic E-state index is 13.0. The molecule has 9 heteroatoms. The Morgan fingerprint density at radius 3 is 2.29 bits per heavy atom. The molecule has 0 atom stereocenters. The molecule has 1 amide bonds. The maximum Gasteiger partial charge on any atom is 0.338 e. The van der Waals surface area contributed by atoms with E-state index in [1.807, 2.05) is 0 Å². The van der Waals surface area contributed by atoms with Gasteiger partial charge < -0.3 is 9.64 Å². The number of benzene rings is 2. The second-order valence-electron chi connectivity index (χ2n) is 8.28. The molecule has 0 heterocycles. The summed E-state index contributed by atoms with van der Waals surface area (Å²) in [4.78, 5) is 26.1. The summed E-state index contributed by atoms with van der Waals surface area (Å²) >= 11 is 0. The first-order chi connectivity index (χ1) is 14.3. The number of ether oxygens (including phenoxy) is 1. The Hall–Kier alpha value is -2.78. The first-order valence-corrected chi connectivity index (χ1v) is 11.1. The van der Waals surface area contributed by atoms with Crippen LogP contribution in [0.5, 0.6) is 0 Å². The van der Waals surface area contributed by atoms with E-state index in [9.17, 15) is 22.4 Å². The Balaban J connectivity index is 2.06. The number of nitrogens with one attached hydrogen (secondary N) is 1. The van der Waals surface area contributed by atoms with Crippen LogP contribution in [0.3, 0.4) is 0 Å². The van der Waals surface area contributed by atoms with Crippen LogP contribution < -0.4 is 4.72 Å². The number of aryl methyl sites for hydroxylation is 1. The van der Waals surface area contributed by atoms with Crippen molar-refractivity contribution in [3.05, 3.63) is 65.0 Å². The summed E-state index contributed by atoms with van der Waals surface area (Å²) in [6.45, 7) is 6.49. The summed E-state index contributed by atoms with van der Waals surface area (Å²) < 4.78 is 45.7. The van der Waals surface area contributed by atoms with Gasteiger partial charge in [-0.2, -0.15) is 0 Å². The van der Waals surface area contributed by atoms with Crippen molar-refractivity contribution in [1.29, 1.82) is 0 Å². The Kier molecular flexibility index (Phi) is 7.56. The maximum atomic E-state index is 13.0. The predicted molar refractivity (Wildman–Crippen MR) is 114 cm³/mol. The van der Waals surface area contributed by atoms with Crippen molar-refractivity contribution >= 4 is 21.9 Å². The molecule has 168 valence electrons. The molecule has 0 radical (unpaired) electrons. The number of hydrogen-bond donors (Lipinski definition) is 1. The fourth-order valence-corrected chi connectivity index (χ4v) is 4.16. The lowest BCUT2D eigenvalue weighted by atomic mass is 10.1. The van der Waals surface area contributed by atoms with E-state index in [0.29, 0.717) is 5.56 Å². The average molecular weight is 451 g/mol. The summed E-state index contributed by atoms with van der Waals surface area (Å²) in [5.74, 6) is -1.62. The van der Waals surface area contributed by atoms with Crippen LogP contribution in [-0.4, -0.2) is 44.4 Å². The van der Waals surface area contributed by atoms with E-state index < -0.39 is 34.0 Å². The number of carbonyl (C=O) groups excluding carboxylic acids is 2. The third-order valence-electron chi connectivity index (χ3n) is 4.27. The van der Waals surface area contributed by atoms with E-state index in [4.69, 9.17) is 4.74 Å². The van der Waals surface area contributed by atoms with Gasteiger partial charge in [0, 0.05) is 19.1 Å². The van der Waals surface area contributed by atoms with Gasteiger partial charge in [0.25, 0.3) is 5.91 Å². The second kappa shape index (κ2) is 9.57. The van der Waals surface area contributed by atoms with Crippen LogP contribution in [0, 0.1) is 12.7 Å². The number of halogens is 1. The Morgan fingerprint density at radius 2 is 1.71 bits per heavy atom. The number of amides is 1. The van der Waals surface area contributed by atoms with Crippen molar-refractivity contribution in [3.8, 4) is 0 Å². The lowest BCUT2D eigenvalue weighted by Gasteiger charge is -2.21.